The summed E-state index contributed by atoms with van der Waals surface area (Å²) in [4.78, 5) is 22.4. The van der Waals surface area contributed by atoms with Crippen LogP contribution in [0.1, 0.15) is 30.6 Å². The fourth-order valence-electron chi connectivity index (χ4n) is 2.34. The lowest BCUT2D eigenvalue weighted by Crippen LogP contribution is -2.53. The Morgan fingerprint density at radius 2 is 1.89 bits per heavy atom. The van der Waals surface area contributed by atoms with Crippen molar-refractivity contribution in [2.45, 2.75) is 26.3 Å². The molecule has 104 valence electrons. The van der Waals surface area contributed by atoms with Crippen LogP contribution in [0.2, 0.25) is 0 Å². The highest BCUT2D eigenvalue weighted by molar-refractivity contribution is 5.99. The lowest BCUT2D eigenvalue weighted by atomic mass is 9.91. The summed E-state index contributed by atoms with van der Waals surface area (Å²) in [5.41, 5.74) is 0.304. The molecule has 1 unspecified atom stereocenters. The number of aromatic nitrogens is 2. The summed E-state index contributed by atoms with van der Waals surface area (Å²) in [6, 6.07) is 0.266. The van der Waals surface area contributed by atoms with Crippen molar-refractivity contribution in [3.63, 3.8) is 0 Å². The molecule has 0 N–H and O–H groups in total. The van der Waals surface area contributed by atoms with Crippen molar-refractivity contribution in [2.24, 2.45) is 5.92 Å². The van der Waals surface area contributed by atoms with Crippen LogP contribution in [-0.2, 0) is 0 Å². The zero-order valence-corrected chi connectivity index (χ0v) is 11.7. The second-order valence-corrected chi connectivity index (χ2v) is 4.87. The molecule has 1 aliphatic rings. The Hall–Kier alpha value is -1.85. The second kappa shape index (κ2) is 5.42. The molecule has 6 heteroatoms. The van der Waals surface area contributed by atoms with E-state index in [0.29, 0.717) is 11.5 Å². The first-order chi connectivity index (χ1) is 9.10. The van der Waals surface area contributed by atoms with Gasteiger partial charge in [0.2, 0.25) is 11.8 Å². The molecule has 2 heterocycles. The molecule has 1 atom stereocenters. The smallest absolute Gasteiger partial charge is 0.265 e. The molecule has 1 aliphatic heterocycles. The van der Waals surface area contributed by atoms with E-state index in [2.05, 4.69) is 23.8 Å². The Labute approximate surface area is 112 Å². The van der Waals surface area contributed by atoms with Gasteiger partial charge in [-0.15, -0.1) is 0 Å². The Morgan fingerprint density at radius 3 is 2.26 bits per heavy atom. The van der Waals surface area contributed by atoms with Gasteiger partial charge >= 0.3 is 0 Å². The summed E-state index contributed by atoms with van der Waals surface area (Å²) in [5, 5.41) is 0. The van der Waals surface area contributed by atoms with Crippen LogP contribution in [0.4, 0.5) is 0 Å². The van der Waals surface area contributed by atoms with E-state index in [1.807, 2.05) is 4.90 Å². The normalized spacial score (nSPS) is 18.2. The van der Waals surface area contributed by atoms with Gasteiger partial charge in [-0.25, -0.2) is 9.97 Å². The van der Waals surface area contributed by atoms with Gasteiger partial charge in [0, 0.05) is 12.6 Å². The van der Waals surface area contributed by atoms with E-state index >= 15 is 0 Å². The maximum atomic E-state index is 12.6. The SMILES string of the molecule is COc1ncnc(OC)c1C(=O)N1CCC1C(C)C. The summed E-state index contributed by atoms with van der Waals surface area (Å²) >= 11 is 0. The van der Waals surface area contributed by atoms with Crippen LogP contribution in [0, 0.1) is 5.92 Å². The number of carbonyl (C=O) groups is 1. The predicted molar refractivity (Wildman–Crippen MR) is 69.4 cm³/mol. The fourth-order valence-corrected chi connectivity index (χ4v) is 2.34. The Morgan fingerprint density at radius 1 is 1.32 bits per heavy atom. The molecule has 1 aromatic rings. The molecule has 0 aromatic carbocycles. The molecule has 1 amide bonds. The molecule has 0 saturated carbocycles. The molecular weight excluding hydrogens is 246 g/mol. The molecule has 1 fully saturated rings. The minimum atomic E-state index is -0.126. The van der Waals surface area contributed by atoms with Crippen molar-refractivity contribution < 1.29 is 14.3 Å². The van der Waals surface area contributed by atoms with E-state index in [9.17, 15) is 4.79 Å². The first-order valence-corrected chi connectivity index (χ1v) is 6.34. The fraction of sp³-hybridized carbons (Fsp3) is 0.615. The van der Waals surface area contributed by atoms with Gasteiger partial charge in [0.25, 0.3) is 5.91 Å². The van der Waals surface area contributed by atoms with Crippen LogP contribution in [0.25, 0.3) is 0 Å². The molecule has 0 bridgehead atoms. The number of ether oxygens (including phenoxy) is 2. The van der Waals surface area contributed by atoms with E-state index in [-0.39, 0.29) is 23.7 Å². The van der Waals surface area contributed by atoms with Crippen molar-refractivity contribution in [3.8, 4) is 11.8 Å². The van der Waals surface area contributed by atoms with Crippen LogP contribution in [0.5, 0.6) is 11.8 Å². The van der Waals surface area contributed by atoms with Crippen molar-refractivity contribution in [2.75, 3.05) is 20.8 Å². The average Bonchev–Trinajstić information content (AvgIpc) is 2.35. The largest absolute Gasteiger partial charge is 0.480 e. The van der Waals surface area contributed by atoms with Gasteiger partial charge in [-0.1, -0.05) is 13.8 Å². The number of hydrogen-bond donors (Lipinski definition) is 0. The zero-order valence-electron chi connectivity index (χ0n) is 11.7. The number of rotatable bonds is 4. The molecule has 6 nitrogen and oxygen atoms in total. The standard InChI is InChI=1S/C13H19N3O3/c1-8(2)9-5-6-16(9)13(17)10-11(18-3)14-7-15-12(10)19-4/h7-9H,5-6H2,1-4H3. The van der Waals surface area contributed by atoms with Crippen LogP contribution < -0.4 is 9.47 Å². The molecule has 19 heavy (non-hydrogen) atoms. The molecule has 0 radical (unpaired) electrons. The lowest BCUT2D eigenvalue weighted by Gasteiger charge is -2.43. The maximum Gasteiger partial charge on any atom is 0.265 e. The van der Waals surface area contributed by atoms with Gasteiger partial charge in [-0.05, 0) is 12.3 Å². The van der Waals surface area contributed by atoms with Crippen molar-refractivity contribution in [3.05, 3.63) is 11.9 Å². The quantitative estimate of drug-likeness (QED) is 0.822. The van der Waals surface area contributed by atoms with Gasteiger partial charge in [0.1, 0.15) is 6.33 Å². The summed E-state index contributed by atoms with van der Waals surface area (Å²) in [7, 11) is 2.96. The summed E-state index contributed by atoms with van der Waals surface area (Å²) in [6.07, 6.45) is 2.35. The third-order valence-corrected chi connectivity index (χ3v) is 3.47. The minimum Gasteiger partial charge on any atom is -0.480 e. The van der Waals surface area contributed by atoms with Gasteiger partial charge in [-0.3, -0.25) is 4.79 Å². The molecule has 0 spiro atoms. The molecule has 1 aromatic heterocycles. The number of likely N-dealkylation sites (tertiary alicyclic amines) is 1. The third-order valence-electron chi connectivity index (χ3n) is 3.47. The van der Waals surface area contributed by atoms with E-state index in [0.717, 1.165) is 13.0 Å². The number of carbonyl (C=O) groups excluding carboxylic acids is 1. The number of nitrogens with zero attached hydrogens (tertiary/aromatic N) is 3. The number of amides is 1. The van der Waals surface area contributed by atoms with E-state index in [1.54, 1.807) is 0 Å². The predicted octanol–water partition coefficient (Wildman–Crippen LogP) is 1.36. The molecule has 0 aliphatic carbocycles. The number of methoxy groups -OCH3 is 2. The zero-order chi connectivity index (χ0) is 14.0. The van der Waals surface area contributed by atoms with E-state index in [4.69, 9.17) is 9.47 Å². The van der Waals surface area contributed by atoms with Crippen LogP contribution in [0.3, 0.4) is 0 Å². The monoisotopic (exact) mass is 265 g/mol. The average molecular weight is 265 g/mol. The first-order valence-electron chi connectivity index (χ1n) is 6.34. The summed E-state index contributed by atoms with van der Waals surface area (Å²) in [5.74, 6) is 0.816. The summed E-state index contributed by atoms with van der Waals surface area (Å²) in [6.45, 7) is 4.98. The number of hydrogen-bond acceptors (Lipinski definition) is 5. The molecule has 2 rings (SSSR count). The van der Waals surface area contributed by atoms with Crippen molar-refractivity contribution >= 4 is 5.91 Å². The van der Waals surface area contributed by atoms with Crippen molar-refractivity contribution in [1.82, 2.24) is 14.9 Å². The first kappa shape index (κ1) is 13.6. The van der Waals surface area contributed by atoms with E-state index in [1.165, 1.54) is 20.5 Å². The van der Waals surface area contributed by atoms with Crippen LogP contribution >= 0.6 is 0 Å². The topological polar surface area (TPSA) is 64.6 Å². The second-order valence-electron chi connectivity index (χ2n) is 4.87. The maximum absolute atomic E-state index is 12.6. The lowest BCUT2D eigenvalue weighted by molar-refractivity contribution is 0.0340. The highest BCUT2D eigenvalue weighted by atomic mass is 16.5. The van der Waals surface area contributed by atoms with Crippen LogP contribution in [0.15, 0.2) is 6.33 Å². The highest BCUT2D eigenvalue weighted by Gasteiger charge is 2.37. The Balaban J connectivity index is 2.33. The highest BCUT2D eigenvalue weighted by Crippen LogP contribution is 2.31. The van der Waals surface area contributed by atoms with Gasteiger partial charge in [-0.2, -0.15) is 0 Å². The van der Waals surface area contributed by atoms with Gasteiger partial charge in [0.15, 0.2) is 5.56 Å². The summed E-state index contributed by atoms with van der Waals surface area (Å²) < 4.78 is 10.3. The molecular formula is C13H19N3O3. The Bertz CT molecular complexity index is 454. The van der Waals surface area contributed by atoms with Crippen molar-refractivity contribution in [1.29, 1.82) is 0 Å². The van der Waals surface area contributed by atoms with Gasteiger partial charge in [0.05, 0.1) is 14.2 Å². The van der Waals surface area contributed by atoms with Gasteiger partial charge < -0.3 is 14.4 Å². The van der Waals surface area contributed by atoms with E-state index < -0.39 is 0 Å². The minimum absolute atomic E-state index is 0.126. The molecule has 1 saturated heterocycles. The Kier molecular flexibility index (Phi) is 3.87. The third kappa shape index (κ3) is 2.34. The van der Waals surface area contributed by atoms with Crippen LogP contribution in [-0.4, -0.2) is 47.6 Å².